The molecule has 0 aliphatic heterocycles. The third-order valence-electron chi connectivity index (χ3n) is 2.84. The van der Waals surface area contributed by atoms with Crippen LogP contribution < -0.4 is 5.56 Å². The Morgan fingerprint density at radius 2 is 2.21 bits per heavy atom. The van der Waals surface area contributed by atoms with Gasteiger partial charge in [-0.25, -0.2) is 0 Å². The summed E-state index contributed by atoms with van der Waals surface area (Å²) in [6.07, 6.45) is 0. The number of aromatic nitrogens is 2. The molecule has 0 aliphatic carbocycles. The van der Waals surface area contributed by atoms with E-state index in [1.165, 1.54) is 0 Å². The van der Waals surface area contributed by atoms with Crippen LogP contribution in [0.15, 0.2) is 40.5 Å². The maximum atomic E-state index is 12.4. The zero-order valence-corrected chi connectivity index (χ0v) is 12.1. The second kappa shape index (κ2) is 4.92. The maximum Gasteiger partial charge on any atom is 0.262 e. The van der Waals surface area contributed by atoms with Crippen molar-refractivity contribution in [2.45, 2.75) is 6.54 Å². The van der Waals surface area contributed by atoms with Crippen LogP contribution in [0.2, 0.25) is 5.02 Å². The fourth-order valence-electron chi connectivity index (χ4n) is 1.93. The molecule has 2 heterocycles. The molecule has 0 bridgehead atoms. The topological polar surface area (TPSA) is 37.8 Å². The van der Waals surface area contributed by atoms with E-state index in [4.69, 9.17) is 23.8 Å². The number of benzene rings is 1. The Kier molecular flexibility index (Phi) is 3.26. The number of thiophene rings is 1. The van der Waals surface area contributed by atoms with E-state index in [-0.39, 0.29) is 5.56 Å². The first kappa shape index (κ1) is 12.6. The number of aromatic amines is 1. The number of nitrogens with zero attached hydrogens (tertiary/aromatic N) is 1. The lowest BCUT2D eigenvalue weighted by molar-refractivity contribution is 0.744. The average Bonchev–Trinajstić information content (AvgIpc) is 2.87. The quantitative estimate of drug-likeness (QED) is 0.731. The molecule has 0 saturated heterocycles. The molecule has 6 heteroatoms. The Balaban J connectivity index is 2.23. The van der Waals surface area contributed by atoms with E-state index in [0.29, 0.717) is 27.2 Å². The van der Waals surface area contributed by atoms with Crippen LogP contribution in [-0.2, 0) is 6.54 Å². The van der Waals surface area contributed by atoms with Crippen molar-refractivity contribution >= 4 is 46.1 Å². The summed E-state index contributed by atoms with van der Waals surface area (Å²) in [5.41, 5.74) is 0.578. The molecule has 2 aromatic heterocycles. The highest BCUT2D eigenvalue weighted by Crippen LogP contribution is 2.15. The van der Waals surface area contributed by atoms with Gasteiger partial charge in [0.25, 0.3) is 5.56 Å². The fraction of sp³-hybridized carbons (Fsp3) is 0.0769. The molecule has 3 nitrogen and oxygen atoms in total. The van der Waals surface area contributed by atoms with Crippen LogP contribution in [0, 0.1) is 4.77 Å². The van der Waals surface area contributed by atoms with Crippen LogP contribution in [0.25, 0.3) is 10.9 Å². The molecule has 0 aliphatic rings. The molecule has 0 radical (unpaired) electrons. The predicted octanol–water partition coefficient (Wildman–Crippen LogP) is 3.82. The van der Waals surface area contributed by atoms with Crippen molar-refractivity contribution in [3.05, 3.63) is 60.7 Å². The second-order valence-corrected chi connectivity index (χ2v) is 5.95. The smallest absolute Gasteiger partial charge is 0.262 e. The average molecular weight is 309 g/mol. The van der Waals surface area contributed by atoms with Gasteiger partial charge in [0.15, 0.2) is 4.77 Å². The number of halogens is 1. The highest BCUT2D eigenvalue weighted by Gasteiger charge is 2.07. The second-order valence-electron chi connectivity index (χ2n) is 4.09. The molecule has 0 fully saturated rings. The van der Waals surface area contributed by atoms with E-state index in [1.807, 2.05) is 17.5 Å². The van der Waals surface area contributed by atoms with Crippen LogP contribution in [0.5, 0.6) is 0 Å². The summed E-state index contributed by atoms with van der Waals surface area (Å²) >= 11 is 12.8. The molecule has 0 spiro atoms. The van der Waals surface area contributed by atoms with Gasteiger partial charge < -0.3 is 4.98 Å². The van der Waals surface area contributed by atoms with Gasteiger partial charge in [-0.15, -0.1) is 11.3 Å². The largest absolute Gasteiger partial charge is 0.331 e. The summed E-state index contributed by atoms with van der Waals surface area (Å²) < 4.78 is 1.98. The highest BCUT2D eigenvalue weighted by molar-refractivity contribution is 7.71. The minimum Gasteiger partial charge on any atom is -0.331 e. The van der Waals surface area contributed by atoms with Crippen molar-refractivity contribution in [2.75, 3.05) is 0 Å². The molecule has 0 unspecified atom stereocenters. The number of hydrogen-bond donors (Lipinski definition) is 1. The van der Waals surface area contributed by atoms with Crippen molar-refractivity contribution in [1.29, 1.82) is 0 Å². The van der Waals surface area contributed by atoms with Crippen molar-refractivity contribution in [2.24, 2.45) is 0 Å². The van der Waals surface area contributed by atoms with Crippen LogP contribution in [0.4, 0.5) is 0 Å². The third-order valence-corrected chi connectivity index (χ3v) is 4.26. The van der Waals surface area contributed by atoms with E-state index < -0.39 is 0 Å². The van der Waals surface area contributed by atoms with Crippen LogP contribution >= 0.6 is 35.2 Å². The molecule has 19 heavy (non-hydrogen) atoms. The van der Waals surface area contributed by atoms with E-state index >= 15 is 0 Å². The summed E-state index contributed by atoms with van der Waals surface area (Å²) in [5.74, 6) is 0. The number of hydrogen-bond acceptors (Lipinski definition) is 3. The SMILES string of the molecule is O=c1c2ccc(Cl)cc2[nH]c(=S)n1Cc1cccs1. The van der Waals surface area contributed by atoms with Gasteiger partial charge in [0, 0.05) is 9.90 Å². The molecule has 96 valence electrons. The molecular weight excluding hydrogens is 300 g/mol. The zero-order chi connectivity index (χ0) is 13.4. The first-order valence-electron chi connectivity index (χ1n) is 5.60. The van der Waals surface area contributed by atoms with Crippen LogP contribution in [0.1, 0.15) is 4.88 Å². The van der Waals surface area contributed by atoms with Gasteiger partial charge in [-0.1, -0.05) is 17.7 Å². The third kappa shape index (κ3) is 2.36. The Labute approximate surface area is 123 Å². The summed E-state index contributed by atoms with van der Waals surface area (Å²) in [5, 5.41) is 3.15. The predicted molar refractivity (Wildman–Crippen MR) is 81.8 cm³/mol. The number of nitrogens with one attached hydrogen (secondary N) is 1. The Morgan fingerprint density at radius 1 is 1.37 bits per heavy atom. The van der Waals surface area contributed by atoms with Gasteiger partial charge >= 0.3 is 0 Å². The molecule has 0 atom stereocenters. The molecule has 1 N–H and O–H groups in total. The normalized spacial score (nSPS) is 11.0. The number of H-pyrrole nitrogens is 1. The van der Waals surface area contributed by atoms with Crippen molar-refractivity contribution in [3.63, 3.8) is 0 Å². The molecular formula is C13H9ClN2OS2. The number of fused-ring (bicyclic) bond motifs is 1. The van der Waals surface area contributed by atoms with Crippen molar-refractivity contribution < 1.29 is 0 Å². The van der Waals surface area contributed by atoms with Gasteiger partial charge in [0.1, 0.15) is 0 Å². The summed E-state index contributed by atoms with van der Waals surface area (Å²) in [4.78, 5) is 16.6. The highest BCUT2D eigenvalue weighted by atomic mass is 35.5. The van der Waals surface area contributed by atoms with Gasteiger partial charge in [-0.2, -0.15) is 0 Å². The first-order chi connectivity index (χ1) is 9.15. The monoisotopic (exact) mass is 308 g/mol. The summed E-state index contributed by atoms with van der Waals surface area (Å²) in [6.45, 7) is 0.490. The van der Waals surface area contributed by atoms with E-state index in [1.54, 1.807) is 34.1 Å². The van der Waals surface area contributed by atoms with E-state index in [2.05, 4.69) is 4.98 Å². The van der Waals surface area contributed by atoms with Gasteiger partial charge in [0.05, 0.1) is 17.4 Å². The van der Waals surface area contributed by atoms with Crippen molar-refractivity contribution in [3.8, 4) is 0 Å². The summed E-state index contributed by atoms with van der Waals surface area (Å²) in [6, 6.07) is 9.08. The zero-order valence-electron chi connectivity index (χ0n) is 9.72. The van der Waals surface area contributed by atoms with E-state index in [9.17, 15) is 4.79 Å². The minimum atomic E-state index is -0.0937. The Morgan fingerprint density at radius 3 is 2.95 bits per heavy atom. The number of rotatable bonds is 2. The van der Waals surface area contributed by atoms with Crippen LogP contribution in [-0.4, -0.2) is 9.55 Å². The van der Waals surface area contributed by atoms with Gasteiger partial charge in [0.2, 0.25) is 0 Å². The first-order valence-corrected chi connectivity index (χ1v) is 7.26. The van der Waals surface area contributed by atoms with Crippen molar-refractivity contribution in [1.82, 2.24) is 9.55 Å². The molecule has 1 aromatic carbocycles. The Bertz CT molecular complexity index is 849. The lowest BCUT2D eigenvalue weighted by Crippen LogP contribution is -2.22. The standard InChI is InChI=1S/C13H9ClN2OS2/c14-8-3-4-10-11(6-8)15-13(18)16(12(10)17)7-9-2-1-5-19-9/h1-6H,7H2,(H,15,18). The van der Waals surface area contributed by atoms with Gasteiger partial charge in [-0.05, 0) is 41.9 Å². The minimum absolute atomic E-state index is 0.0937. The van der Waals surface area contributed by atoms with Crippen LogP contribution in [0.3, 0.4) is 0 Å². The lowest BCUT2D eigenvalue weighted by atomic mass is 10.2. The Hall–Kier alpha value is -1.43. The maximum absolute atomic E-state index is 12.4. The lowest BCUT2D eigenvalue weighted by Gasteiger charge is -2.07. The molecule has 3 rings (SSSR count). The molecule has 0 saturated carbocycles. The molecule has 3 aromatic rings. The molecule has 0 amide bonds. The van der Waals surface area contributed by atoms with Gasteiger partial charge in [-0.3, -0.25) is 9.36 Å². The van der Waals surface area contributed by atoms with E-state index in [0.717, 1.165) is 4.88 Å². The fourth-order valence-corrected chi connectivity index (χ4v) is 3.05. The summed E-state index contributed by atoms with van der Waals surface area (Å²) in [7, 11) is 0.